The lowest BCUT2D eigenvalue weighted by molar-refractivity contribution is 0.406. The van der Waals surface area contributed by atoms with E-state index >= 15 is 0 Å². The molecular weight excluding hydrogens is 228 g/mol. The Morgan fingerprint density at radius 2 is 2.23 bits per heavy atom. The molecule has 1 aromatic heterocycles. The fraction of sp³-hybridized carbons (Fsp3) is 0.700. The Balaban J connectivity index is 2.73. The van der Waals surface area contributed by atoms with E-state index in [2.05, 4.69) is 52.5 Å². The molecule has 3 heteroatoms. The van der Waals surface area contributed by atoms with Crippen molar-refractivity contribution in [1.29, 1.82) is 0 Å². The summed E-state index contributed by atoms with van der Waals surface area (Å²) in [4.78, 5) is 0. The van der Waals surface area contributed by atoms with Gasteiger partial charge in [0, 0.05) is 23.8 Å². The molecule has 0 aliphatic carbocycles. The number of rotatable bonds is 4. The second-order valence-electron chi connectivity index (χ2n) is 4.11. The van der Waals surface area contributed by atoms with E-state index in [4.69, 9.17) is 0 Å². The van der Waals surface area contributed by atoms with Crippen LogP contribution in [-0.2, 0) is 13.0 Å². The number of nitrogens with zero attached hydrogens (tertiary/aromatic N) is 2. The van der Waals surface area contributed by atoms with E-state index in [1.54, 1.807) is 0 Å². The average molecular weight is 245 g/mol. The largest absolute Gasteiger partial charge is 0.270 e. The van der Waals surface area contributed by atoms with Crippen LogP contribution in [-0.4, -0.2) is 15.1 Å². The summed E-state index contributed by atoms with van der Waals surface area (Å²) < 4.78 is 2.06. The van der Waals surface area contributed by atoms with Crippen LogP contribution >= 0.6 is 15.9 Å². The van der Waals surface area contributed by atoms with Crippen LogP contribution in [0.5, 0.6) is 0 Å². The quantitative estimate of drug-likeness (QED) is 0.746. The van der Waals surface area contributed by atoms with Crippen molar-refractivity contribution < 1.29 is 0 Å². The van der Waals surface area contributed by atoms with Gasteiger partial charge in [0.25, 0.3) is 0 Å². The first-order valence-corrected chi connectivity index (χ1v) is 5.78. The van der Waals surface area contributed by atoms with Crippen molar-refractivity contribution in [3.8, 4) is 0 Å². The zero-order chi connectivity index (χ0) is 9.90. The molecule has 1 aromatic rings. The maximum Gasteiger partial charge on any atom is 0.0492 e. The number of hydrogen-bond donors (Lipinski definition) is 0. The molecule has 1 rings (SSSR count). The highest BCUT2D eigenvalue weighted by Crippen LogP contribution is 2.23. The summed E-state index contributed by atoms with van der Waals surface area (Å²) in [6.07, 6.45) is 2.95. The maximum absolute atomic E-state index is 4.25. The highest BCUT2D eigenvalue weighted by atomic mass is 79.9. The summed E-state index contributed by atoms with van der Waals surface area (Å²) >= 11 is 3.53. The second-order valence-corrected chi connectivity index (χ2v) is 4.67. The van der Waals surface area contributed by atoms with Crippen molar-refractivity contribution in [1.82, 2.24) is 9.78 Å². The van der Waals surface area contributed by atoms with Gasteiger partial charge in [0.2, 0.25) is 0 Å². The van der Waals surface area contributed by atoms with Gasteiger partial charge >= 0.3 is 0 Å². The number of halogens is 1. The van der Waals surface area contributed by atoms with Crippen LogP contribution in [0.3, 0.4) is 0 Å². The molecule has 0 aromatic carbocycles. The first-order chi connectivity index (χ1) is 6.09. The van der Waals surface area contributed by atoms with Crippen molar-refractivity contribution >= 4 is 15.9 Å². The number of hydrogen-bond acceptors (Lipinski definition) is 1. The molecular formula is C10H17BrN2. The van der Waals surface area contributed by atoms with Crippen molar-refractivity contribution in [2.75, 3.05) is 5.33 Å². The summed E-state index contributed by atoms with van der Waals surface area (Å²) in [5, 5.41) is 5.28. The molecule has 0 aliphatic heterocycles. The lowest BCUT2D eigenvalue weighted by Gasteiger charge is -2.21. The minimum atomic E-state index is 0.312. The molecule has 0 atom stereocenters. The average Bonchev–Trinajstić information content (AvgIpc) is 2.51. The predicted octanol–water partition coefficient (Wildman–Crippen LogP) is 2.87. The smallest absolute Gasteiger partial charge is 0.0492 e. The molecule has 0 aliphatic rings. The fourth-order valence-electron chi connectivity index (χ4n) is 1.33. The summed E-state index contributed by atoms with van der Waals surface area (Å²) in [6, 6.07) is 2.11. The van der Waals surface area contributed by atoms with Crippen LogP contribution in [0.2, 0.25) is 0 Å². The Bertz CT molecular complexity index is 266. The molecule has 0 unspecified atom stereocenters. The number of aromatic nitrogens is 2. The van der Waals surface area contributed by atoms with Gasteiger partial charge in [-0.1, -0.05) is 29.8 Å². The van der Waals surface area contributed by atoms with Crippen molar-refractivity contribution in [3.05, 3.63) is 18.0 Å². The maximum atomic E-state index is 4.25. The van der Waals surface area contributed by atoms with Gasteiger partial charge < -0.3 is 0 Å². The van der Waals surface area contributed by atoms with Gasteiger partial charge in [-0.3, -0.25) is 4.68 Å². The zero-order valence-electron chi connectivity index (χ0n) is 8.55. The molecule has 0 amide bonds. The van der Waals surface area contributed by atoms with Crippen LogP contribution in [0.1, 0.15) is 26.5 Å². The van der Waals surface area contributed by atoms with Crippen molar-refractivity contribution in [2.24, 2.45) is 5.41 Å². The highest BCUT2D eigenvalue weighted by Gasteiger charge is 2.18. The van der Waals surface area contributed by atoms with Crippen LogP contribution in [0, 0.1) is 5.41 Å². The lowest BCUT2D eigenvalue weighted by Crippen LogP contribution is -2.19. The summed E-state index contributed by atoms with van der Waals surface area (Å²) in [5.41, 5.74) is 1.64. The normalized spacial score (nSPS) is 12.0. The predicted molar refractivity (Wildman–Crippen MR) is 59.2 cm³/mol. The van der Waals surface area contributed by atoms with Gasteiger partial charge in [-0.2, -0.15) is 5.10 Å². The molecule has 0 radical (unpaired) electrons. The minimum Gasteiger partial charge on any atom is -0.270 e. The molecule has 0 saturated carbocycles. The third kappa shape index (κ3) is 2.83. The monoisotopic (exact) mass is 244 g/mol. The summed E-state index contributed by atoms with van der Waals surface area (Å²) in [7, 11) is 0. The van der Waals surface area contributed by atoms with Gasteiger partial charge in [-0.15, -0.1) is 0 Å². The third-order valence-corrected chi connectivity index (χ3v) is 3.64. The van der Waals surface area contributed by atoms with Gasteiger partial charge in [-0.25, -0.2) is 0 Å². The molecule has 1 heterocycles. The SMILES string of the molecule is CCn1nccc1CC(C)(C)CBr. The number of alkyl halides is 1. The molecule has 0 spiro atoms. The van der Waals surface area contributed by atoms with Gasteiger partial charge in [0.1, 0.15) is 0 Å². The Morgan fingerprint density at radius 3 is 2.77 bits per heavy atom. The fourth-order valence-corrected chi connectivity index (χ4v) is 1.53. The summed E-state index contributed by atoms with van der Waals surface area (Å²) in [6.45, 7) is 7.60. The van der Waals surface area contributed by atoms with Gasteiger partial charge in [0.05, 0.1) is 0 Å². The molecule has 74 valence electrons. The van der Waals surface area contributed by atoms with Crippen LogP contribution < -0.4 is 0 Å². The van der Waals surface area contributed by atoms with Crippen molar-refractivity contribution in [2.45, 2.75) is 33.7 Å². The van der Waals surface area contributed by atoms with E-state index in [1.165, 1.54) is 5.69 Å². The Kier molecular flexibility index (Phi) is 3.54. The molecule has 0 N–H and O–H groups in total. The van der Waals surface area contributed by atoms with Crippen molar-refractivity contribution in [3.63, 3.8) is 0 Å². The lowest BCUT2D eigenvalue weighted by atomic mass is 9.90. The minimum absolute atomic E-state index is 0.312. The van der Waals surface area contributed by atoms with E-state index < -0.39 is 0 Å². The van der Waals surface area contributed by atoms with Crippen LogP contribution in [0.25, 0.3) is 0 Å². The molecule has 0 fully saturated rings. The third-order valence-electron chi connectivity index (χ3n) is 2.13. The molecule has 0 bridgehead atoms. The van der Waals surface area contributed by atoms with Crippen LogP contribution in [0.15, 0.2) is 12.3 Å². The van der Waals surface area contributed by atoms with E-state index in [0.29, 0.717) is 5.41 Å². The molecule has 13 heavy (non-hydrogen) atoms. The standard InChI is InChI=1S/C10H17BrN2/c1-4-13-9(5-6-12-13)7-10(2,3)8-11/h5-6H,4,7-8H2,1-3H3. The molecule has 0 saturated heterocycles. The first-order valence-electron chi connectivity index (χ1n) is 4.66. The molecule has 2 nitrogen and oxygen atoms in total. The van der Waals surface area contributed by atoms with Gasteiger partial charge in [-0.05, 0) is 24.8 Å². The Hall–Kier alpha value is -0.310. The number of aryl methyl sites for hydroxylation is 1. The zero-order valence-corrected chi connectivity index (χ0v) is 10.1. The van der Waals surface area contributed by atoms with Gasteiger partial charge in [0.15, 0.2) is 0 Å². The van der Waals surface area contributed by atoms with E-state index in [-0.39, 0.29) is 0 Å². The first kappa shape index (κ1) is 10.8. The van der Waals surface area contributed by atoms with E-state index in [0.717, 1.165) is 18.3 Å². The Labute approximate surface area is 88.5 Å². The highest BCUT2D eigenvalue weighted by molar-refractivity contribution is 9.09. The van der Waals surface area contributed by atoms with Crippen LogP contribution in [0.4, 0.5) is 0 Å². The second kappa shape index (κ2) is 4.27. The Morgan fingerprint density at radius 1 is 1.54 bits per heavy atom. The topological polar surface area (TPSA) is 17.8 Å². The van der Waals surface area contributed by atoms with E-state index in [1.807, 2.05) is 6.20 Å². The summed E-state index contributed by atoms with van der Waals surface area (Å²) in [5.74, 6) is 0. The van der Waals surface area contributed by atoms with E-state index in [9.17, 15) is 0 Å².